The maximum Gasteiger partial charge on any atom is 0.338 e. The third-order valence-corrected chi connectivity index (χ3v) is 3.49. The first-order valence-electron chi connectivity index (χ1n) is 7.66. The van der Waals surface area contributed by atoms with Gasteiger partial charge < -0.3 is 10.1 Å². The van der Waals surface area contributed by atoms with Crippen LogP contribution >= 0.6 is 0 Å². The van der Waals surface area contributed by atoms with Crippen LogP contribution in [-0.2, 0) is 16.0 Å². The first kappa shape index (κ1) is 17.4. The highest BCUT2D eigenvalue weighted by Crippen LogP contribution is 2.11. The molecule has 0 aliphatic heterocycles. The minimum Gasteiger partial charge on any atom is -0.452 e. The molecular formula is C19H19NO4. The van der Waals surface area contributed by atoms with Gasteiger partial charge in [0.25, 0.3) is 5.91 Å². The molecule has 0 aliphatic rings. The highest BCUT2D eigenvalue weighted by molar-refractivity contribution is 5.98. The lowest BCUT2D eigenvalue weighted by molar-refractivity contribution is -0.119. The zero-order valence-corrected chi connectivity index (χ0v) is 13.7. The van der Waals surface area contributed by atoms with Gasteiger partial charge in [0, 0.05) is 11.3 Å². The number of hydrogen-bond donors (Lipinski definition) is 1. The molecule has 124 valence electrons. The molecule has 5 nitrogen and oxygen atoms in total. The van der Waals surface area contributed by atoms with Crippen LogP contribution in [0.2, 0.25) is 0 Å². The van der Waals surface area contributed by atoms with Crippen LogP contribution in [0.25, 0.3) is 0 Å². The fourth-order valence-electron chi connectivity index (χ4n) is 2.10. The Kier molecular flexibility index (Phi) is 5.84. The van der Waals surface area contributed by atoms with E-state index in [9.17, 15) is 14.4 Å². The van der Waals surface area contributed by atoms with Gasteiger partial charge in [0.05, 0.1) is 5.56 Å². The smallest absolute Gasteiger partial charge is 0.338 e. The van der Waals surface area contributed by atoms with Crippen LogP contribution in [0, 0.1) is 0 Å². The van der Waals surface area contributed by atoms with Gasteiger partial charge in [-0.2, -0.15) is 0 Å². The summed E-state index contributed by atoms with van der Waals surface area (Å²) in [6.45, 7) is 3.09. The third-order valence-electron chi connectivity index (χ3n) is 3.49. The molecule has 0 spiro atoms. The molecule has 0 unspecified atom stereocenters. The van der Waals surface area contributed by atoms with Crippen LogP contribution in [0.5, 0.6) is 0 Å². The van der Waals surface area contributed by atoms with E-state index in [4.69, 9.17) is 4.74 Å². The second kappa shape index (κ2) is 8.06. The standard InChI is InChI=1S/C19H19NO4/c1-3-14-7-9-15(10-8-14)19(23)24-12-18(22)20-17-6-4-5-16(11-17)13(2)21/h4-11H,3,12H2,1-2H3,(H,20,22). The first-order chi connectivity index (χ1) is 11.5. The van der Waals surface area contributed by atoms with E-state index in [-0.39, 0.29) is 5.78 Å². The monoisotopic (exact) mass is 325 g/mol. The lowest BCUT2D eigenvalue weighted by Gasteiger charge is -2.08. The molecule has 1 N–H and O–H groups in total. The van der Waals surface area contributed by atoms with Crippen molar-refractivity contribution in [1.29, 1.82) is 0 Å². The van der Waals surface area contributed by atoms with Gasteiger partial charge in [0.2, 0.25) is 0 Å². The Labute approximate surface area is 140 Å². The van der Waals surface area contributed by atoms with Crippen molar-refractivity contribution in [1.82, 2.24) is 0 Å². The molecule has 2 aromatic carbocycles. The summed E-state index contributed by atoms with van der Waals surface area (Å²) < 4.78 is 5.00. The normalized spacial score (nSPS) is 10.1. The summed E-state index contributed by atoms with van der Waals surface area (Å²) in [7, 11) is 0. The number of amides is 1. The summed E-state index contributed by atoms with van der Waals surface area (Å²) in [5.41, 5.74) is 2.50. The minimum atomic E-state index is -0.551. The number of carbonyl (C=O) groups is 3. The highest BCUT2D eigenvalue weighted by Gasteiger charge is 2.11. The predicted molar refractivity (Wildman–Crippen MR) is 91.2 cm³/mol. The number of esters is 1. The number of rotatable bonds is 6. The van der Waals surface area contributed by atoms with Crippen molar-refractivity contribution in [2.45, 2.75) is 20.3 Å². The zero-order chi connectivity index (χ0) is 17.5. The molecule has 0 aromatic heterocycles. The molecule has 0 bridgehead atoms. The van der Waals surface area contributed by atoms with Crippen molar-refractivity contribution in [3.63, 3.8) is 0 Å². The minimum absolute atomic E-state index is 0.0898. The summed E-state index contributed by atoms with van der Waals surface area (Å²) in [4.78, 5) is 35.1. The molecule has 1 amide bonds. The molecule has 24 heavy (non-hydrogen) atoms. The number of hydrogen-bond acceptors (Lipinski definition) is 4. The van der Waals surface area contributed by atoms with Gasteiger partial charge in [-0.3, -0.25) is 9.59 Å². The van der Waals surface area contributed by atoms with Crippen LogP contribution in [0.1, 0.15) is 40.1 Å². The number of carbonyl (C=O) groups excluding carboxylic acids is 3. The van der Waals surface area contributed by atoms with Crippen molar-refractivity contribution in [2.75, 3.05) is 11.9 Å². The lowest BCUT2D eigenvalue weighted by atomic mass is 10.1. The average Bonchev–Trinajstić information content (AvgIpc) is 2.60. The number of anilines is 1. The number of Topliss-reactive ketones (excluding diaryl/α,β-unsaturated/α-hetero) is 1. The number of ketones is 1. The summed E-state index contributed by atoms with van der Waals surface area (Å²) >= 11 is 0. The van der Waals surface area contributed by atoms with Crippen molar-refractivity contribution >= 4 is 23.3 Å². The Morgan fingerprint density at radius 1 is 1.00 bits per heavy atom. The van der Waals surface area contributed by atoms with E-state index < -0.39 is 18.5 Å². The molecule has 0 saturated heterocycles. The SMILES string of the molecule is CCc1ccc(C(=O)OCC(=O)Nc2cccc(C(C)=O)c2)cc1. The number of nitrogens with one attached hydrogen (secondary N) is 1. The number of ether oxygens (including phenoxy) is 1. The van der Waals surface area contributed by atoms with E-state index in [1.165, 1.54) is 6.92 Å². The maximum absolute atomic E-state index is 11.9. The van der Waals surface area contributed by atoms with E-state index in [2.05, 4.69) is 5.32 Å². The van der Waals surface area contributed by atoms with E-state index >= 15 is 0 Å². The van der Waals surface area contributed by atoms with Crippen LogP contribution in [0.4, 0.5) is 5.69 Å². The van der Waals surface area contributed by atoms with Gasteiger partial charge in [-0.25, -0.2) is 4.79 Å². The summed E-state index contributed by atoms with van der Waals surface area (Å²) in [6.07, 6.45) is 0.886. The predicted octanol–water partition coefficient (Wildman–Crippen LogP) is 3.25. The van der Waals surface area contributed by atoms with Crippen LogP contribution in [0.15, 0.2) is 48.5 Å². The Hall–Kier alpha value is -2.95. The van der Waals surface area contributed by atoms with E-state index in [0.717, 1.165) is 12.0 Å². The van der Waals surface area contributed by atoms with Crippen molar-refractivity contribution in [2.24, 2.45) is 0 Å². The Morgan fingerprint density at radius 2 is 1.71 bits per heavy atom. The summed E-state index contributed by atoms with van der Waals surface area (Å²) in [6, 6.07) is 13.6. The zero-order valence-electron chi connectivity index (χ0n) is 13.7. The fraction of sp³-hybridized carbons (Fsp3) is 0.211. The molecule has 0 radical (unpaired) electrons. The van der Waals surface area contributed by atoms with Gasteiger partial charge in [0.15, 0.2) is 12.4 Å². The molecule has 2 aromatic rings. The molecule has 0 heterocycles. The average molecular weight is 325 g/mol. The molecule has 2 rings (SSSR count). The second-order valence-corrected chi connectivity index (χ2v) is 5.31. The molecule has 0 aliphatic carbocycles. The van der Waals surface area contributed by atoms with Gasteiger partial charge in [-0.15, -0.1) is 0 Å². The first-order valence-corrected chi connectivity index (χ1v) is 7.66. The number of aryl methyl sites for hydroxylation is 1. The largest absolute Gasteiger partial charge is 0.452 e. The Bertz CT molecular complexity index is 750. The molecular weight excluding hydrogens is 306 g/mol. The second-order valence-electron chi connectivity index (χ2n) is 5.31. The number of benzene rings is 2. The maximum atomic E-state index is 11.9. The molecule has 0 fully saturated rings. The highest BCUT2D eigenvalue weighted by atomic mass is 16.5. The van der Waals surface area contributed by atoms with Crippen molar-refractivity contribution in [3.8, 4) is 0 Å². The molecule has 0 atom stereocenters. The van der Waals surface area contributed by atoms with Gasteiger partial charge >= 0.3 is 5.97 Å². The summed E-state index contributed by atoms with van der Waals surface area (Å²) in [5, 5.41) is 2.59. The van der Waals surface area contributed by atoms with Crippen LogP contribution < -0.4 is 5.32 Å². The van der Waals surface area contributed by atoms with Crippen molar-refractivity contribution < 1.29 is 19.1 Å². The molecule has 0 saturated carbocycles. The lowest BCUT2D eigenvalue weighted by Crippen LogP contribution is -2.21. The van der Waals surface area contributed by atoms with Gasteiger partial charge in [0.1, 0.15) is 0 Å². The van der Waals surface area contributed by atoms with Crippen LogP contribution in [0.3, 0.4) is 0 Å². The molecule has 5 heteroatoms. The quantitative estimate of drug-likeness (QED) is 0.653. The van der Waals surface area contributed by atoms with Gasteiger partial charge in [-0.05, 0) is 43.2 Å². The third kappa shape index (κ3) is 4.78. The van der Waals surface area contributed by atoms with E-state index in [0.29, 0.717) is 16.8 Å². The Morgan fingerprint density at radius 3 is 2.33 bits per heavy atom. The van der Waals surface area contributed by atoms with E-state index in [1.54, 1.807) is 36.4 Å². The van der Waals surface area contributed by atoms with Gasteiger partial charge in [-0.1, -0.05) is 31.2 Å². The topological polar surface area (TPSA) is 72.5 Å². The van der Waals surface area contributed by atoms with E-state index in [1.807, 2.05) is 19.1 Å². The van der Waals surface area contributed by atoms with Crippen LogP contribution in [-0.4, -0.2) is 24.3 Å². The van der Waals surface area contributed by atoms with Crippen molar-refractivity contribution in [3.05, 3.63) is 65.2 Å². The fourth-order valence-corrected chi connectivity index (χ4v) is 2.10. The summed E-state index contributed by atoms with van der Waals surface area (Å²) in [5.74, 6) is -1.10. The Balaban J connectivity index is 1.89.